The number of nitrogens with two attached hydrogens (primary N) is 1. The fourth-order valence-corrected chi connectivity index (χ4v) is 5.06. The lowest BCUT2D eigenvalue weighted by Crippen LogP contribution is -2.44. The Kier molecular flexibility index (Phi) is 8.74. The van der Waals surface area contributed by atoms with Gasteiger partial charge in [-0.05, 0) is 75.9 Å². The first-order valence-corrected chi connectivity index (χ1v) is 12.6. The second kappa shape index (κ2) is 11.0. The van der Waals surface area contributed by atoms with Crippen molar-refractivity contribution < 1.29 is 32.6 Å². The summed E-state index contributed by atoms with van der Waals surface area (Å²) < 4.78 is 40.6. The smallest absolute Gasteiger partial charge is 0.408 e. The maximum atomic E-state index is 13.1. The number of hydrogen-bond donors (Lipinski definition) is 3. The third kappa shape index (κ3) is 7.20. The van der Waals surface area contributed by atoms with Gasteiger partial charge in [-0.15, -0.1) is 4.40 Å². The molecule has 1 amide bonds. The summed E-state index contributed by atoms with van der Waals surface area (Å²) in [4.78, 5) is 23.8. The van der Waals surface area contributed by atoms with Crippen molar-refractivity contribution >= 4 is 27.9 Å². The van der Waals surface area contributed by atoms with Gasteiger partial charge in [-0.3, -0.25) is 0 Å². The van der Waals surface area contributed by atoms with E-state index in [1.165, 1.54) is 13.2 Å². The van der Waals surface area contributed by atoms with E-state index >= 15 is 0 Å². The number of amidine groups is 1. The van der Waals surface area contributed by atoms with E-state index in [4.69, 9.17) is 15.2 Å². The molecule has 0 aromatic heterocycles. The Hall–Kier alpha value is -3.60. The van der Waals surface area contributed by atoms with Gasteiger partial charge in [0.2, 0.25) is 0 Å². The molecular weight excluding hydrogens is 486 g/mol. The fourth-order valence-electron chi connectivity index (χ4n) is 3.60. The molecule has 0 bridgehead atoms. The molecule has 0 unspecified atom stereocenters. The monoisotopic (exact) mass is 519 g/mol. The van der Waals surface area contributed by atoms with Crippen LogP contribution in [0.15, 0.2) is 39.6 Å². The lowest BCUT2D eigenvalue weighted by Gasteiger charge is -2.22. The summed E-state index contributed by atoms with van der Waals surface area (Å²) >= 11 is 0. The van der Waals surface area contributed by atoms with Crippen molar-refractivity contribution in [3.05, 3.63) is 58.1 Å². The predicted molar refractivity (Wildman–Crippen MR) is 136 cm³/mol. The maximum Gasteiger partial charge on any atom is 0.408 e. The molecule has 2 rings (SSSR count). The zero-order valence-corrected chi connectivity index (χ0v) is 22.3. The number of hydrogen-bond acceptors (Lipinski definition) is 6. The first kappa shape index (κ1) is 28.6. The number of aliphatic carboxylic acids is 1. The average Bonchev–Trinajstić information content (AvgIpc) is 2.74. The third-order valence-electron chi connectivity index (χ3n) is 5.33. The van der Waals surface area contributed by atoms with Gasteiger partial charge in [-0.1, -0.05) is 18.2 Å². The Morgan fingerprint density at radius 1 is 1.14 bits per heavy atom. The molecule has 0 fully saturated rings. The lowest BCUT2D eigenvalue weighted by atomic mass is 10.0. The average molecular weight is 520 g/mol. The molecule has 4 N–H and O–H groups in total. The van der Waals surface area contributed by atoms with Crippen molar-refractivity contribution in [2.45, 2.75) is 64.5 Å². The molecule has 0 aliphatic heterocycles. The van der Waals surface area contributed by atoms with Gasteiger partial charge in [0.1, 0.15) is 23.2 Å². The molecule has 36 heavy (non-hydrogen) atoms. The molecule has 0 aliphatic carbocycles. The highest BCUT2D eigenvalue weighted by Crippen LogP contribution is 2.31. The minimum Gasteiger partial charge on any atom is -0.496 e. The number of sulfonamides is 1. The van der Waals surface area contributed by atoms with Crippen molar-refractivity contribution in [2.75, 3.05) is 7.11 Å². The highest BCUT2D eigenvalue weighted by atomic mass is 32.2. The Morgan fingerprint density at radius 3 is 2.33 bits per heavy atom. The van der Waals surface area contributed by atoms with E-state index < -0.39 is 33.7 Å². The summed E-state index contributed by atoms with van der Waals surface area (Å²) in [6.07, 6.45) is -0.947. The summed E-state index contributed by atoms with van der Waals surface area (Å²) in [6, 6.07) is 6.68. The van der Waals surface area contributed by atoms with Crippen LogP contribution in [0.25, 0.3) is 0 Å². The second-order valence-corrected chi connectivity index (χ2v) is 10.9. The summed E-state index contributed by atoms with van der Waals surface area (Å²) in [5.74, 6) is -0.936. The zero-order chi connectivity index (χ0) is 27.4. The van der Waals surface area contributed by atoms with Crippen LogP contribution in [0.3, 0.4) is 0 Å². The number of carboxylic acid groups (broad SMARTS) is 1. The minimum absolute atomic E-state index is 0.0485. The van der Waals surface area contributed by atoms with Crippen LogP contribution in [-0.4, -0.2) is 50.2 Å². The number of carboxylic acids is 1. The van der Waals surface area contributed by atoms with E-state index in [-0.39, 0.29) is 22.7 Å². The molecule has 1 atom stereocenters. The second-order valence-electron chi connectivity index (χ2n) is 9.37. The van der Waals surface area contributed by atoms with Gasteiger partial charge in [0.15, 0.2) is 0 Å². The van der Waals surface area contributed by atoms with E-state index in [0.717, 1.165) is 0 Å². The van der Waals surface area contributed by atoms with E-state index in [1.54, 1.807) is 65.8 Å². The molecule has 10 nitrogen and oxygen atoms in total. The molecule has 196 valence electrons. The normalized spacial score (nSPS) is 13.1. The number of carbonyl (C=O) groups is 2. The standard InChI is InChI=1S/C25H33N3O7S/c1-14-11-20(34-7)15(2)16(3)21(14)36(32,33)28-22(26)18-10-8-9-17(12-18)13-19(23(29)30)27-24(31)35-25(4,5)6/h8-12,19H,13H2,1-7H3,(H2,26,28)(H,27,31)(H,29,30)/t19-/m0/s1. The Bertz CT molecular complexity index is 1300. The van der Waals surface area contributed by atoms with E-state index in [1.807, 2.05) is 0 Å². The quantitative estimate of drug-likeness (QED) is 0.354. The number of aryl methyl sites for hydroxylation is 1. The van der Waals surface area contributed by atoms with Gasteiger partial charge >= 0.3 is 12.1 Å². The zero-order valence-electron chi connectivity index (χ0n) is 21.5. The Morgan fingerprint density at radius 2 is 1.78 bits per heavy atom. The Labute approximate surface area is 211 Å². The van der Waals surface area contributed by atoms with Crippen LogP contribution in [0.1, 0.15) is 48.6 Å². The van der Waals surface area contributed by atoms with Gasteiger partial charge in [0, 0.05) is 12.0 Å². The third-order valence-corrected chi connectivity index (χ3v) is 6.91. The number of benzene rings is 2. The van der Waals surface area contributed by atoms with Crippen LogP contribution >= 0.6 is 0 Å². The van der Waals surface area contributed by atoms with Crippen LogP contribution in [0.2, 0.25) is 0 Å². The summed E-state index contributed by atoms with van der Waals surface area (Å²) in [5.41, 5.74) is 7.72. The molecule has 0 spiro atoms. The number of alkyl carbamates (subject to hydrolysis) is 1. The van der Waals surface area contributed by atoms with Crippen molar-refractivity contribution in [3.63, 3.8) is 0 Å². The molecule has 2 aromatic rings. The number of nitrogens with zero attached hydrogens (tertiary/aromatic N) is 1. The van der Waals surface area contributed by atoms with Crippen LogP contribution in [0, 0.1) is 20.8 Å². The number of ether oxygens (including phenoxy) is 2. The highest BCUT2D eigenvalue weighted by molar-refractivity contribution is 7.90. The van der Waals surface area contributed by atoms with Gasteiger partial charge in [0.05, 0.1) is 12.0 Å². The number of nitrogens with one attached hydrogen (secondary N) is 1. The Balaban J connectivity index is 2.35. The number of amides is 1. The minimum atomic E-state index is -4.16. The summed E-state index contributed by atoms with van der Waals surface area (Å²) in [7, 11) is -2.65. The molecular formula is C25H33N3O7S. The number of methoxy groups -OCH3 is 1. The lowest BCUT2D eigenvalue weighted by molar-refractivity contribution is -0.139. The molecule has 0 radical (unpaired) electrons. The van der Waals surface area contributed by atoms with Crippen LogP contribution in [0.5, 0.6) is 5.75 Å². The van der Waals surface area contributed by atoms with Crippen molar-refractivity contribution in [1.29, 1.82) is 0 Å². The summed E-state index contributed by atoms with van der Waals surface area (Å²) in [5, 5.41) is 11.9. The van der Waals surface area contributed by atoms with Gasteiger partial charge in [-0.2, -0.15) is 8.42 Å². The number of carbonyl (C=O) groups excluding carboxylic acids is 1. The molecule has 0 saturated heterocycles. The largest absolute Gasteiger partial charge is 0.496 e. The van der Waals surface area contributed by atoms with Crippen molar-refractivity contribution in [1.82, 2.24) is 5.32 Å². The van der Waals surface area contributed by atoms with Crippen molar-refractivity contribution in [3.8, 4) is 5.75 Å². The molecule has 0 saturated carbocycles. The maximum absolute atomic E-state index is 13.1. The molecule has 0 heterocycles. The first-order chi connectivity index (χ1) is 16.6. The molecule has 0 aliphatic rings. The summed E-state index contributed by atoms with van der Waals surface area (Å²) in [6.45, 7) is 10.1. The molecule has 2 aromatic carbocycles. The predicted octanol–water partition coefficient (Wildman–Crippen LogP) is 3.24. The van der Waals surface area contributed by atoms with Gasteiger partial charge in [-0.25, -0.2) is 9.59 Å². The number of rotatable bonds is 8. The van der Waals surface area contributed by atoms with Gasteiger partial charge < -0.3 is 25.6 Å². The van der Waals surface area contributed by atoms with Crippen molar-refractivity contribution in [2.24, 2.45) is 10.1 Å². The first-order valence-electron chi connectivity index (χ1n) is 11.1. The van der Waals surface area contributed by atoms with Crippen LogP contribution in [0.4, 0.5) is 4.79 Å². The van der Waals surface area contributed by atoms with Crippen LogP contribution in [-0.2, 0) is 26.0 Å². The van der Waals surface area contributed by atoms with Gasteiger partial charge in [0.25, 0.3) is 10.0 Å². The SMILES string of the molecule is COc1cc(C)c(S(=O)(=O)/N=C(\N)c2cccc(C[C@H](NC(=O)OC(C)(C)C)C(=O)O)c2)c(C)c1C. The van der Waals surface area contributed by atoms with E-state index in [9.17, 15) is 23.1 Å². The van der Waals surface area contributed by atoms with Crippen LogP contribution < -0.4 is 15.8 Å². The molecule has 11 heteroatoms. The van der Waals surface area contributed by atoms with E-state index in [0.29, 0.717) is 28.0 Å². The topological polar surface area (TPSA) is 157 Å². The highest BCUT2D eigenvalue weighted by Gasteiger charge is 2.25. The fraction of sp³-hybridized carbons (Fsp3) is 0.400. The van der Waals surface area contributed by atoms with E-state index in [2.05, 4.69) is 9.71 Å².